The van der Waals surface area contributed by atoms with E-state index in [1.54, 1.807) is 42.5 Å². The summed E-state index contributed by atoms with van der Waals surface area (Å²) >= 11 is 0. The first kappa shape index (κ1) is 22.8. The molecule has 0 spiro atoms. The molecular formula is C23H28N2O5. The molecule has 0 saturated heterocycles. The number of ether oxygens (including phenoxy) is 3. The van der Waals surface area contributed by atoms with Gasteiger partial charge in [-0.15, -0.1) is 0 Å². The molecule has 0 fully saturated rings. The van der Waals surface area contributed by atoms with Crippen LogP contribution in [0.1, 0.15) is 29.8 Å². The molecule has 2 rings (SSSR count). The van der Waals surface area contributed by atoms with Crippen LogP contribution >= 0.6 is 0 Å². The summed E-state index contributed by atoms with van der Waals surface area (Å²) in [5, 5.41) is 5.61. The van der Waals surface area contributed by atoms with Crippen molar-refractivity contribution >= 4 is 23.6 Å². The highest BCUT2D eigenvalue weighted by molar-refractivity contribution is 6.07. The number of carbonyl (C=O) groups excluding carboxylic acids is 2. The Balaban J connectivity index is 2.19. The summed E-state index contributed by atoms with van der Waals surface area (Å²) in [4.78, 5) is 24.9. The van der Waals surface area contributed by atoms with Crippen LogP contribution in [0.2, 0.25) is 0 Å². The van der Waals surface area contributed by atoms with E-state index in [2.05, 4.69) is 10.6 Å². The molecule has 7 heteroatoms. The number of hydrogen-bond acceptors (Lipinski definition) is 5. The van der Waals surface area contributed by atoms with Crippen LogP contribution in [0, 0.1) is 5.92 Å². The molecule has 30 heavy (non-hydrogen) atoms. The van der Waals surface area contributed by atoms with E-state index < -0.39 is 0 Å². The van der Waals surface area contributed by atoms with Gasteiger partial charge in [0.15, 0.2) is 11.5 Å². The van der Waals surface area contributed by atoms with E-state index in [9.17, 15) is 9.59 Å². The summed E-state index contributed by atoms with van der Waals surface area (Å²) in [7, 11) is 4.57. The Hall–Kier alpha value is -3.48. The SMILES string of the molecule is COc1ccc(C=CC(=O)Nc2ccccc2C(=O)NCC(C)C)c(OC)c1OC. The molecule has 0 bridgehead atoms. The van der Waals surface area contributed by atoms with Crippen molar-refractivity contribution in [2.24, 2.45) is 5.92 Å². The molecule has 0 unspecified atom stereocenters. The minimum absolute atomic E-state index is 0.231. The van der Waals surface area contributed by atoms with E-state index >= 15 is 0 Å². The van der Waals surface area contributed by atoms with Gasteiger partial charge in [-0.25, -0.2) is 0 Å². The van der Waals surface area contributed by atoms with Crippen LogP contribution in [0.15, 0.2) is 42.5 Å². The lowest BCUT2D eigenvalue weighted by molar-refractivity contribution is -0.111. The van der Waals surface area contributed by atoms with Gasteiger partial charge in [0.25, 0.3) is 5.91 Å². The lowest BCUT2D eigenvalue weighted by Gasteiger charge is -2.14. The van der Waals surface area contributed by atoms with Gasteiger partial charge >= 0.3 is 0 Å². The predicted octanol–water partition coefficient (Wildman–Crippen LogP) is 3.75. The van der Waals surface area contributed by atoms with Gasteiger partial charge in [0.1, 0.15) is 0 Å². The fraction of sp³-hybridized carbons (Fsp3) is 0.304. The van der Waals surface area contributed by atoms with Gasteiger partial charge < -0.3 is 24.8 Å². The maximum Gasteiger partial charge on any atom is 0.253 e. The number of anilines is 1. The Kier molecular flexibility index (Phi) is 8.29. The van der Waals surface area contributed by atoms with Crippen LogP contribution < -0.4 is 24.8 Å². The highest BCUT2D eigenvalue weighted by Crippen LogP contribution is 2.40. The van der Waals surface area contributed by atoms with Gasteiger partial charge in [-0.05, 0) is 36.3 Å². The second-order valence-corrected chi connectivity index (χ2v) is 6.90. The zero-order chi connectivity index (χ0) is 22.1. The Morgan fingerprint density at radius 3 is 2.30 bits per heavy atom. The molecule has 0 radical (unpaired) electrons. The van der Waals surface area contributed by atoms with E-state index in [-0.39, 0.29) is 11.8 Å². The minimum Gasteiger partial charge on any atom is -0.493 e. The Morgan fingerprint density at radius 1 is 0.967 bits per heavy atom. The molecule has 0 aliphatic carbocycles. The molecule has 0 aliphatic rings. The maximum atomic E-state index is 12.5. The van der Waals surface area contributed by atoms with E-state index in [1.807, 2.05) is 13.8 Å². The van der Waals surface area contributed by atoms with Gasteiger partial charge in [-0.1, -0.05) is 26.0 Å². The molecule has 0 aliphatic heterocycles. The molecule has 2 aromatic carbocycles. The molecule has 7 nitrogen and oxygen atoms in total. The first-order valence-corrected chi connectivity index (χ1v) is 9.56. The lowest BCUT2D eigenvalue weighted by Crippen LogP contribution is -2.28. The maximum absolute atomic E-state index is 12.5. The number of carbonyl (C=O) groups is 2. The molecule has 0 aromatic heterocycles. The smallest absolute Gasteiger partial charge is 0.253 e. The average Bonchev–Trinajstić information content (AvgIpc) is 2.75. The zero-order valence-corrected chi connectivity index (χ0v) is 17.9. The first-order chi connectivity index (χ1) is 14.4. The number of methoxy groups -OCH3 is 3. The average molecular weight is 412 g/mol. The number of rotatable bonds is 9. The van der Waals surface area contributed by atoms with E-state index in [0.717, 1.165) is 0 Å². The van der Waals surface area contributed by atoms with Crippen LogP contribution in [-0.4, -0.2) is 39.7 Å². The van der Waals surface area contributed by atoms with Crippen molar-refractivity contribution in [3.05, 3.63) is 53.6 Å². The topological polar surface area (TPSA) is 85.9 Å². The number of para-hydroxylation sites is 1. The largest absolute Gasteiger partial charge is 0.493 e. The van der Waals surface area contributed by atoms with Crippen molar-refractivity contribution in [2.75, 3.05) is 33.2 Å². The second-order valence-electron chi connectivity index (χ2n) is 6.90. The van der Waals surface area contributed by atoms with Crippen LogP contribution in [-0.2, 0) is 4.79 Å². The lowest BCUT2D eigenvalue weighted by atomic mass is 10.1. The highest BCUT2D eigenvalue weighted by Gasteiger charge is 2.15. The van der Waals surface area contributed by atoms with Gasteiger partial charge in [0.05, 0.1) is 32.6 Å². The second kappa shape index (κ2) is 10.9. The molecule has 0 heterocycles. The standard InChI is InChI=1S/C23H28N2O5/c1-15(2)14-24-23(27)17-8-6-7-9-18(17)25-20(26)13-11-16-10-12-19(28-3)22(30-5)21(16)29-4/h6-13,15H,14H2,1-5H3,(H,24,27)(H,25,26). The summed E-state index contributed by atoms with van der Waals surface area (Å²) in [6.07, 6.45) is 2.98. The van der Waals surface area contributed by atoms with Gasteiger partial charge in [-0.3, -0.25) is 9.59 Å². The number of amides is 2. The fourth-order valence-electron chi connectivity index (χ4n) is 2.78. The Labute approximate surface area is 177 Å². The first-order valence-electron chi connectivity index (χ1n) is 9.56. The molecule has 2 aromatic rings. The fourth-order valence-corrected chi connectivity index (χ4v) is 2.78. The van der Waals surface area contributed by atoms with Crippen molar-refractivity contribution in [1.29, 1.82) is 0 Å². The third-order valence-electron chi connectivity index (χ3n) is 4.25. The molecule has 160 valence electrons. The van der Waals surface area contributed by atoms with Crippen LogP contribution in [0.5, 0.6) is 17.2 Å². The summed E-state index contributed by atoms with van der Waals surface area (Å²) in [5.41, 5.74) is 1.49. The number of benzene rings is 2. The molecular weight excluding hydrogens is 384 g/mol. The van der Waals surface area contributed by atoms with Gasteiger partial charge in [0, 0.05) is 18.2 Å². The Morgan fingerprint density at radius 2 is 1.67 bits per heavy atom. The summed E-state index contributed by atoms with van der Waals surface area (Å²) in [6, 6.07) is 10.4. The van der Waals surface area contributed by atoms with Crippen LogP contribution in [0.4, 0.5) is 5.69 Å². The molecule has 0 saturated carbocycles. The van der Waals surface area contributed by atoms with Gasteiger partial charge in [0.2, 0.25) is 11.7 Å². The quantitative estimate of drug-likeness (QED) is 0.613. The van der Waals surface area contributed by atoms with Crippen molar-refractivity contribution < 1.29 is 23.8 Å². The van der Waals surface area contributed by atoms with Crippen molar-refractivity contribution in [1.82, 2.24) is 5.32 Å². The van der Waals surface area contributed by atoms with E-state index in [0.29, 0.717) is 46.5 Å². The normalized spacial score (nSPS) is 10.7. The summed E-state index contributed by atoms with van der Waals surface area (Å²) in [6.45, 7) is 4.59. The van der Waals surface area contributed by atoms with Gasteiger partial charge in [-0.2, -0.15) is 0 Å². The molecule has 2 N–H and O–H groups in total. The number of nitrogens with one attached hydrogen (secondary N) is 2. The summed E-state index contributed by atoms with van der Waals surface area (Å²) < 4.78 is 16.0. The monoisotopic (exact) mass is 412 g/mol. The number of hydrogen-bond donors (Lipinski definition) is 2. The van der Waals surface area contributed by atoms with Crippen LogP contribution in [0.3, 0.4) is 0 Å². The predicted molar refractivity (Wildman–Crippen MR) is 117 cm³/mol. The Bertz CT molecular complexity index is 922. The minimum atomic E-state index is -0.379. The van der Waals surface area contributed by atoms with Crippen molar-refractivity contribution in [3.63, 3.8) is 0 Å². The third kappa shape index (κ3) is 5.76. The van der Waals surface area contributed by atoms with E-state index in [1.165, 1.54) is 27.4 Å². The highest BCUT2D eigenvalue weighted by atomic mass is 16.5. The van der Waals surface area contributed by atoms with Crippen LogP contribution in [0.25, 0.3) is 6.08 Å². The molecule has 0 atom stereocenters. The third-order valence-corrected chi connectivity index (χ3v) is 4.25. The van der Waals surface area contributed by atoms with Crippen molar-refractivity contribution in [3.8, 4) is 17.2 Å². The van der Waals surface area contributed by atoms with Crippen molar-refractivity contribution in [2.45, 2.75) is 13.8 Å². The summed E-state index contributed by atoms with van der Waals surface area (Å²) in [5.74, 6) is 1.14. The van der Waals surface area contributed by atoms with E-state index in [4.69, 9.17) is 14.2 Å². The molecule has 2 amide bonds. The zero-order valence-electron chi connectivity index (χ0n) is 17.9.